The Balaban J connectivity index is 1.33. The minimum absolute atomic E-state index is 0.159. The van der Waals surface area contributed by atoms with E-state index in [0.717, 1.165) is 5.69 Å². The molecule has 1 fully saturated rings. The smallest absolute Gasteiger partial charge is 0.321 e. The minimum Gasteiger partial charge on any atom is -0.463 e. The van der Waals surface area contributed by atoms with E-state index in [4.69, 9.17) is 4.42 Å². The number of piperazine rings is 1. The number of aromatic nitrogens is 2. The SMILES string of the molecule is O=C(Nc1ccccc1)N1CCN(C(=O)c2cc(-c3ccco3)[nH]n2)CC1. The molecule has 1 aromatic carbocycles. The van der Waals surface area contributed by atoms with E-state index in [1.54, 1.807) is 34.3 Å². The van der Waals surface area contributed by atoms with Crippen molar-refractivity contribution in [2.24, 2.45) is 0 Å². The highest BCUT2D eigenvalue weighted by molar-refractivity contribution is 5.94. The topological polar surface area (TPSA) is 94.5 Å². The number of carbonyl (C=O) groups is 2. The number of rotatable bonds is 3. The highest BCUT2D eigenvalue weighted by Crippen LogP contribution is 2.19. The van der Waals surface area contributed by atoms with E-state index in [-0.39, 0.29) is 11.9 Å². The van der Waals surface area contributed by atoms with Crippen molar-refractivity contribution >= 4 is 17.6 Å². The maximum absolute atomic E-state index is 12.6. The molecule has 4 rings (SSSR count). The number of benzene rings is 1. The van der Waals surface area contributed by atoms with Crippen LogP contribution < -0.4 is 5.32 Å². The Hall–Kier alpha value is -3.55. The number of para-hydroxylation sites is 1. The first-order chi connectivity index (χ1) is 13.2. The highest BCUT2D eigenvalue weighted by Gasteiger charge is 2.26. The van der Waals surface area contributed by atoms with E-state index in [0.29, 0.717) is 43.3 Å². The third-order valence-corrected chi connectivity index (χ3v) is 4.46. The standard InChI is InChI=1S/C19H19N5O3/c25-18(16-13-15(21-22-16)17-7-4-12-27-17)23-8-10-24(11-9-23)19(26)20-14-5-2-1-3-6-14/h1-7,12-13H,8-11H2,(H,20,26)(H,21,22). The van der Waals surface area contributed by atoms with Crippen molar-refractivity contribution in [2.45, 2.75) is 0 Å². The Morgan fingerprint density at radius 1 is 1.00 bits per heavy atom. The largest absolute Gasteiger partial charge is 0.463 e. The summed E-state index contributed by atoms with van der Waals surface area (Å²) in [5.74, 6) is 0.469. The van der Waals surface area contributed by atoms with Crippen LogP contribution in [-0.4, -0.2) is 58.1 Å². The summed E-state index contributed by atoms with van der Waals surface area (Å²) in [7, 11) is 0. The Bertz CT molecular complexity index is 912. The minimum atomic E-state index is -0.160. The summed E-state index contributed by atoms with van der Waals surface area (Å²) in [6.07, 6.45) is 1.57. The number of hydrogen-bond donors (Lipinski definition) is 2. The lowest BCUT2D eigenvalue weighted by Gasteiger charge is -2.34. The molecule has 3 aromatic rings. The van der Waals surface area contributed by atoms with E-state index in [1.165, 1.54) is 0 Å². The zero-order valence-corrected chi connectivity index (χ0v) is 14.6. The number of carbonyl (C=O) groups excluding carboxylic acids is 2. The van der Waals surface area contributed by atoms with Gasteiger partial charge in [-0.05, 0) is 24.3 Å². The molecule has 0 radical (unpaired) electrons. The molecule has 8 heteroatoms. The molecule has 2 N–H and O–H groups in total. The fraction of sp³-hybridized carbons (Fsp3) is 0.211. The van der Waals surface area contributed by atoms with Crippen LogP contribution in [0.3, 0.4) is 0 Å². The van der Waals surface area contributed by atoms with E-state index in [2.05, 4.69) is 15.5 Å². The van der Waals surface area contributed by atoms with Gasteiger partial charge in [0.2, 0.25) is 0 Å². The first kappa shape index (κ1) is 16.9. The molecule has 0 atom stereocenters. The molecule has 1 aliphatic heterocycles. The van der Waals surface area contributed by atoms with E-state index in [1.807, 2.05) is 30.3 Å². The molecule has 0 bridgehead atoms. The molecule has 0 saturated carbocycles. The van der Waals surface area contributed by atoms with Gasteiger partial charge in [0, 0.05) is 37.9 Å². The number of nitrogens with zero attached hydrogens (tertiary/aromatic N) is 3. The number of urea groups is 1. The number of H-pyrrole nitrogens is 1. The molecule has 0 unspecified atom stereocenters. The first-order valence-corrected chi connectivity index (χ1v) is 8.70. The highest BCUT2D eigenvalue weighted by atomic mass is 16.3. The predicted molar refractivity (Wildman–Crippen MR) is 99.2 cm³/mol. The summed E-state index contributed by atoms with van der Waals surface area (Å²) >= 11 is 0. The molecule has 138 valence electrons. The van der Waals surface area contributed by atoms with Gasteiger partial charge in [-0.3, -0.25) is 9.89 Å². The Labute approximate surface area is 155 Å². The fourth-order valence-corrected chi connectivity index (χ4v) is 2.99. The summed E-state index contributed by atoms with van der Waals surface area (Å²) in [6.45, 7) is 1.87. The number of amides is 3. The molecule has 0 aliphatic carbocycles. The molecule has 3 heterocycles. The van der Waals surface area contributed by atoms with Crippen molar-refractivity contribution in [2.75, 3.05) is 31.5 Å². The van der Waals surface area contributed by atoms with Crippen molar-refractivity contribution in [3.05, 3.63) is 60.5 Å². The second-order valence-electron chi connectivity index (χ2n) is 6.22. The van der Waals surface area contributed by atoms with E-state index in [9.17, 15) is 9.59 Å². The van der Waals surface area contributed by atoms with E-state index >= 15 is 0 Å². The van der Waals surface area contributed by atoms with Gasteiger partial charge in [-0.25, -0.2) is 4.79 Å². The van der Waals surface area contributed by atoms with Crippen LogP contribution in [-0.2, 0) is 0 Å². The fourth-order valence-electron chi connectivity index (χ4n) is 2.99. The predicted octanol–water partition coefficient (Wildman–Crippen LogP) is 2.66. The molecule has 0 spiro atoms. The van der Waals surface area contributed by atoms with Crippen molar-refractivity contribution in [3.8, 4) is 11.5 Å². The molecule has 2 aromatic heterocycles. The normalized spacial score (nSPS) is 14.2. The van der Waals surface area contributed by atoms with Crippen LogP contribution in [0.15, 0.2) is 59.2 Å². The zero-order chi connectivity index (χ0) is 18.6. The zero-order valence-electron chi connectivity index (χ0n) is 14.6. The van der Waals surface area contributed by atoms with Crippen molar-refractivity contribution in [1.82, 2.24) is 20.0 Å². The molecular formula is C19H19N5O3. The molecular weight excluding hydrogens is 346 g/mol. The second-order valence-corrected chi connectivity index (χ2v) is 6.22. The number of furan rings is 1. The van der Waals surface area contributed by atoms with Gasteiger partial charge in [0.1, 0.15) is 5.69 Å². The second kappa shape index (κ2) is 7.36. The summed E-state index contributed by atoms with van der Waals surface area (Å²) < 4.78 is 5.30. The van der Waals surface area contributed by atoms with Gasteiger partial charge in [0.25, 0.3) is 5.91 Å². The molecule has 1 saturated heterocycles. The maximum Gasteiger partial charge on any atom is 0.321 e. The van der Waals surface area contributed by atoms with Gasteiger partial charge in [-0.1, -0.05) is 18.2 Å². The van der Waals surface area contributed by atoms with Gasteiger partial charge in [0.15, 0.2) is 11.5 Å². The summed E-state index contributed by atoms with van der Waals surface area (Å²) in [4.78, 5) is 28.4. The quantitative estimate of drug-likeness (QED) is 0.746. The third-order valence-electron chi connectivity index (χ3n) is 4.46. The van der Waals surface area contributed by atoms with E-state index < -0.39 is 0 Å². The Morgan fingerprint density at radius 3 is 2.44 bits per heavy atom. The Morgan fingerprint density at radius 2 is 1.74 bits per heavy atom. The van der Waals surface area contributed by atoms with Gasteiger partial charge < -0.3 is 19.5 Å². The summed E-state index contributed by atoms with van der Waals surface area (Å²) in [5.41, 5.74) is 1.75. The van der Waals surface area contributed by atoms with Gasteiger partial charge in [-0.2, -0.15) is 5.10 Å². The maximum atomic E-state index is 12.6. The van der Waals surface area contributed by atoms with Gasteiger partial charge in [-0.15, -0.1) is 0 Å². The number of hydrogen-bond acceptors (Lipinski definition) is 4. The summed E-state index contributed by atoms with van der Waals surface area (Å²) in [6, 6.07) is 14.4. The lowest BCUT2D eigenvalue weighted by atomic mass is 10.2. The first-order valence-electron chi connectivity index (χ1n) is 8.70. The van der Waals surface area contributed by atoms with Crippen LogP contribution in [0.4, 0.5) is 10.5 Å². The lowest BCUT2D eigenvalue weighted by Crippen LogP contribution is -2.51. The van der Waals surface area contributed by atoms with Crippen LogP contribution >= 0.6 is 0 Å². The van der Waals surface area contributed by atoms with Crippen molar-refractivity contribution in [1.29, 1.82) is 0 Å². The molecule has 8 nitrogen and oxygen atoms in total. The molecule has 1 aliphatic rings. The lowest BCUT2D eigenvalue weighted by molar-refractivity contribution is 0.0666. The average Bonchev–Trinajstić information content (AvgIpc) is 3.40. The number of nitrogens with one attached hydrogen (secondary N) is 2. The van der Waals surface area contributed by atoms with Gasteiger partial charge in [0.05, 0.1) is 6.26 Å². The number of aromatic amines is 1. The van der Waals surface area contributed by atoms with Crippen LogP contribution in [0.5, 0.6) is 0 Å². The third kappa shape index (κ3) is 3.69. The number of anilines is 1. The van der Waals surface area contributed by atoms with Crippen molar-refractivity contribution < 1.29 is 14.0 Å². The average molecular weight is 365 g/mol. The van der Waals surface area contributed by atoms with Crippen molar-refractivity contribution in [3.63, 3.8) is 0 Å². The Kier molecular flexibility index (Phi) is 4.61. The van der Waals surface area contributed by atoms with Crippen LogP contribution in [0.1, 0.15) is 10.5 Å². The van der Waals surface area contributed by atoms with Crippen LogP contribution in [0.2, 0.25) is 0 Å². The molecule has 3 amide bonds. The summed E-state index contributed by atoms with van der Waals surface area (Å²) in [5, 5.41) is 9.77. The monoisotopic (exact) mass is 365 g/mol. The van der Waals surface area contributed by atoms with Crippen LogP contribution in [0, 0.1) is 0 Å². The van der Waals surface area contributed by atoms with Gasteiger partial charge >= 0.3 is 6.03 Å². The van der Waals surface area contributed by atoms with Crippen LogP contribution in [0.25, 0.3) is 11.5 Å². The molecule has 27 heavy (non-hydrogen) atoms.